The number of amides is 1. The fourth-order valence-corrected chi connectivity index (χ4v) is 3.92. The lowest BCUT2D eigenvalue weighted by Crippen LogP contribution is -2.38. The Morgan fingerprint density at radius 2 is 1.92 bits per heavy atom. The summed E-state index contributed by atoms with van der Waals surface area (Å²) in [5.74, 6) is 0.499. The van der Waals surface area contributed by atoms with Crippen LogP contribution in [0, 0.1) is 11.8 Å². The minimum absolute atomic E-state index is 0.0393. The molecule has 3 aliphatic rings. The van der Waals surface area contributed by atoms with Gasteiger partial charge in [0, 0.05) is 18.5 Å². The van der Waals surface area contributed by atoms with E-state index in [1.807, 2.05) is 25.1 Å². The smallest absolute Gasteiger partial charge is 0.308 e. The van der Waals surface area contributed by atoms with Crippen molar-refractivity contribution in [1.82, 2.24) is 4.90 Å². The molecule has 128 valence electrons. The lowest BCUT2D eigenvalue weighted by Gasteiger charge is -2.23. The van der Waals surface area contributed by atoms with Gasteiger partial charge in [0.15, 0.2) is 11.5 Å². The van der Waals surface area contributed by atoms with Gasteiger partial charge in [-0.25, -0.2) is 0 Å². The molecule has 1 N–H and O–H groups in total. The van der Waals surface area contributed by atoms with Gasteiger partial charge in [-0.1, -0.05) is 6.07 Å². The molecule has 0 radical (unpaired) electrons. The second-order valence-electron chi connectivity index (χ2n) is 6.86. The van der Waals surface area contributed by atoms with Gasteiger partial charge in [-0.3, -0.25) is 9.59 Å². The highest BCUT2D eigenvalue weighted by atomic mass is 16.6. The van der Waals surface area contributed by atoms with Crippen LogP contribution in [0.3, 0.4) is 0 Å². The maximum absolute atomic E-state index is 12.7. The Kier molecular flexibility index (Phi) is 3.62. The van der Waals surface area contributed by atoms with Crippen molar-refractivity contribution < 1.29 is 24.2 Å². The normalized spacial score (nSPS) is 31.0. The van der Waals surface area contributed by atoms with Crippen LogP contribution >= 0.6 is 0 Å². The molecule has 4 unspecified atom stereocenters. The van der Waals surface area contributed by atoms with E-state index in [9.17, 15) is 14.7 Å². The summed E-state index contributed by atoms with van der Waals surface area (Å²) in [6.07, 6.45) is 1.36. The first-order chi connectivity index (χ1) is 11.6. The Morgan fingerprint density at radius 3 is 2.62 bits per heavy atom. The molecule has 0 spiro atoms. The maximum Gasteiger partial charge on any atom is 0.308 e. The van der Waals surface area contributed by atoms with Crippen LogP contribution in [0.15, 0.2) is 18.2 Å². The first-order valence-electron chi connectivity index (χ1n) is 8.49. The summed E-state index contributed by atoms with van der Waals surface area (Å²) in [6.45, 7) is 3.49. The average Bonchev–Trinajstić information content (AvgIpc) is 3.29. The maximum atomic E-state index is 12.7. The van der Waals surface area contributed by atoms with Gasteiger partial charge in [0.05, 0.1) is 5.92 Å². The first kappa shape index (κ1) is 15.3. The molecule has 1 aromatic rings. The molecule has 0 bridgehead atoms. The Balaban J connectivity index is 1.45. The fraction of sp³-hybridized carbons (Fsp3) is 0.556. The molecule has 1 aliphatic carbocycles. The standard InChI is InChI=1S/C18H21NO5/c1-10-12(18(21)22)4-5-19(10)17(20)14-9-13(14)11-2-3-15-16(8-11)24-7-6-23-15/h2-3,8,10,12-14H,4-7,9H2,1H3,(H,21,22). The van der Waals surface area contributed by atoms with Gasteiger partial charge in [0.25, 0.3) is 0 Å². The highest BCUT2D eigenvalue weighted by Gasteiger charge is 2.49. The second kappa shape index (κ2) is 5.69. The number of rotatable bonds is 3. The molecule has 6 heteroatoms. The van der Waals surface area contributed by atoms with Crippen LogP contribution in [0.5, 0.6) is 11.5 Å². The van der Waals surface area contributed by atoms with Crippen molar-refractivity contribution in [2.75, 3.05) is 19.8 Å². The van der Waals surface area contributed by atoms with Crippen LogP contribution in [0.1, 0.15) is 31.2 Å². The number of benzene rings is 1. The Hall–Kier alpha value is -2.24. The van der Waals surface area contributed by atoms with Gasteiger partial charge in [-0.2, -0.15) is 0 Å². The van der Waals surface area contributed by atoms with E-state index < -0.39 is 11.9 Å². The van der Waals surface area contributed by atoms with Crippen LogP contribution in [0.2, 0.25) is 0 Å². The molecule has 1 aromatic carbocycles. The molecule has 24 heavy (non-hydrogen) atoms. The van der Waals surface area contributed by atoms with Crippen molar-refractivity contribution in [2.45, 2.75) is 31.7 Å². The summed E-state index contributed by atoms with van der Waals surface area (Å²) in [6, 6.07) is 5.65. The van der Waals surface area contributed by atoms with E-state index in [0.29, 0.717) is 26.2 Å². The van der Waals surface area contributed by atoms with Gasteiger partial charge in [0.2, 0.25) is 5.91 Å². The van der Waals surface area contributed by atoms with Crippen LogP contribution < -0.4 is 9.47 Å². The molecule has 4 rings (SSSR count). The number of carboxylic acid groups (broad SMARTS) is 1. The number of nitrogens with zero attached hydrogens (tertiary/aromatic N) is 1. The summed E-state index contributed by atoms with van der Waals surface area (Å²) in [5, 5.41) is 9.22. The van der Waals surface area contributed by atoms with Crippen molar-refractivity contribution in [3.05, 3.63) is 23.8 Å². The molecular weight excluding hydrogens is 310 g/mol. The second-order valence-corrected chi connectivity index (χ2v) is 6.86. The number of fused-ring (bicyclic) bond motifs is 1. The molecule has 0 aromatic heterocycles. The van der Waals surface area contributed by atoms with E-state index in [1.165, 1.54) is 0 Å². The summed E-state index contributed by atoms with van der Waals surface area (Å²) in [5.41, 5.74) is 1.10. The summed E-state index contributed by atoms with van der Waals surface area (Å²) in [7, 11) is 0. The number of hydrogen-bond donors (Lipinski definition) is 1. The van der Waals surface area contributed by atoms with Gasteiger partial charge < -0.3 is 19.5 Å². The van der Waals surface area contributed by atoms with Gasteiger partial charge in [0.1, 0.15) is 13.2 Å². The molecule has 2 aliphatic heterocycles. The van der Waals surface area contributed by atoms with Crippen LogP contribution in [0.25, 0.3) is 0 Å². The summed E-state index contributed by atoms with van der Waals surface area (Å²) < 4.78 is 11.1. The molecular formula is C18H21NO5. The number of aliphatic carboxylic acids is 1. The SMILES string of the molecule is CC1C(C(=O)O)CCN1C(=O)C1CC1c1ccc2c(c1)OCCO2. The molecule has 2 heterocycles. The van der Waals surface area contributed by atoms with Crippen molar-refractivity contribution in [1.29, 1.82) is 0 Å². The lowest BCUT2D eigenvalue weighted by molar-refractivity contribution is -0.143. The van der Waals surface area contributed by atoms with E-state index in [-0.39, 0.29) is 23.8 Å². The average molecular weight is 331 g/mol. The lowest BCUT2D eigenvalue weighted by atomic mass is 10.0. The van der Waals surface area contributed by atoms with Gasteiger partial charge in [-0.15, -0.1) is 0 Å². The summed E-state index contributed by atoms with van der Waals surface area (Å²) in [4.78, 5) is 25.7. The van der Waals surface area contributed by atoms with Crippen molar-refractivity contribution in [3.63, 3.8) is 0 Å². The minimum Gasteiger partial charge on any atom is -0.486 e. The van der Waals surface area contributed by atoms with E-state index in [4.69, 9.17) is 9.47 Å². The monoisotopic (exact) mass is 331 g/mol. The van der Waals surface area contributed by atoms with Gasteiger partial charge in [-0.05, 0) is 43.4 Å². The molecule has 1 amide bonds. The number of ether oxygens (including phenoxy) is 2. The minimum atomic E-state index is -0.808. The van der Waals surface area contributed by atoms with E-state index >= 15 is 0 Å². The third kappa shape index (κ3) is 2.50. The topological polar surface area (TPSA) is 76.1 Å². The first-order valence-corrected chi connectivity index (χ1v) is 8.49. The van der Waals surface area contributed by atoms with Crippen molar-refractivity contribution >= 4 is 11.9 Å². The molecule has 2 fully saturated rings. The van der Waals surface area contributed by atoms with Crippen LogP contribution in [-0.4, -0.2) is 47.7 Å². The number of carbonyl (C=O) groups excluding carboxylic acids is 1. The van der Waals surface area contributed by atoms with Crippen LogP contribution in [-0.2, 0) is 9.59 Å². The predicted molar refractivity (Wildman–Crippen MR) is 85.2 cm³/mol. The highest BCUT2D eigenvalue weighted by molar-refractivity contribution is 5.85. The molecule has 1 saturated heterocycles. The zero-order chi connectivity index (χ0) is 16.8. The van der Waals surface area contributed by atoms with Crippen molar-refractivity contribution in [2.24, 2.45) is 11.8 Å². The molecule has 1 saturated carbocycles. The van der Waals surface area contributed by atoms with Crippen molar-refractivity contribution in [3.8, 4) is 11.5 Å². The van der Waals surface area contributed by atoms with E-state index in [2.05, 4.69) is 0 Å². The van der Waals surface area contributed by atoms with Gasteiger partial charge >= 0.3 is 5.97 Å². The highest BCUT2D eigenvalue weighted by Crippen LogP contribution is 2.51. The molecule has 6 nitrogen and oxygen atoms in total. The number of hydrogen-bond acceptors (Lipinski definition) is 4. The number of likely N-dealkylation sites (tertiary alicyclic amines) is 1. The number of carbonyl (C=O) groups is 2. The Labute approximate surface area is 140 Å². The number of carboxylic acids is 1. The fourth-order valence-electron chi connectivity index (χ4n) is 3.92. The quantitative estimate of drug-likeness (QED) is 0.915. The Morgan fingerprint density at radius 1 is 1.17 bits per heavy atom. The third-order valence-electron chi connectivity index (χ3n) is 5.46. The predicted octanol–water partition coefficient (Wildman–Crippen LogP) is 1.88. The summed E-state index contributed by atoms with van der Waals surface area (Å²) >= 11 is 0. The zero-order valence-corrected chi connectivity index (χ0v) is 13.6. The van der Waals surface area contributed by atoms with Crippen LogP contribution in [0.4, 0.5) is 0 Å². The Bertz CT molecular complexity index is 688. The zero-order valence-electron chi connectivity index (χ0n) is 13.6. The van der Waals surface area contributed by atoms with E-state index in [0.717, 1.165) is 23.5 Å². The van der Waals surface area contributed by atoms with E-state index in [1.54, 1.807) is 4.90 Å². The molecule has 4 atom stereocenters. The third-order valence-corrected chi connectivity index (χ3v) is 5.46. The largest absolute Gasteiger partial charge is 0.486 e.